The van der Waals surface area contributed by atoms with Crippen LogP contribution < -0.4 is 0 Å². The van der Waals surface area contributed by atoms with Crippen molar-refractivity contribution >= 4 is 17.7 Å². The second-order valence-electron chi connectivity index (χ2n) is 6.27. The van der Waals surface area contributed by atoms with Crippen LogP contribution in [-0.2, 0) is 4.79 Å². The van der Waals surface area contributed by atoms with Gasteiger partial charge in [0.1, 0.15) is 10.6 Å². The van der Waals surface area contributed by atoms with Gasteiger partial charge in [0.05, 0.1) is 0 Å². The number of carboxylic acids is 1. The molecule has 1 spiro atoms. The molecule has 2 nitrogen and oxygen atoms in total. The fourth-order valence-electron chi connectivity index (χ4n) is 3.84. The number of carboxylic acid groups (broad SMARTS) is 1. The molecule has 3 rings (SSSR count). The summed E-state index contributed by atoms with van der Waals surface area (Å²) in [7, 11) is 0. The van der Waals surface area contributed by atoms with Gasteiger partial charge in [0.15, 0.2) is 0 Å². The van der Waals surface area contributed by atoms with Crippen molar-refractivity contribution < 1.29 is 14.3 Å². The van der Waals surface area contributed by atoms with Crippen LogP contribution in [0.3, 0.4) is 0 Å². The largest absolute Gasteiger partial charge is 0.480 e. The first-order chi connectivity index (χ1) is 9.54. The van der Waals surface area contributed by atoms with E-state index >= 15 is 0 Å². The molecule has 0 radical (unpaired) electrons. The maximum Gasteiger partial charge on any atom is 0.320 e. The van der Waals surface area contributed by atoms with Gasteiger partial charge in [0, 0.05) is 4.90 Å². The molecule has 2 saturated carbocycles. The first kappa shape index (κ1) is 13.9. The fourth-order valence-corrected chi connectivity index (χ4v) is 5.45. The zero-order valence-electron chi connectivity index (χ0n) is 11.4. The number of hydrogen-bond donors (Lipinski definition) is 1. The molecule has 0 bridgehead atoms. The van der Waals surface area contributed by atoms with Gasteiger partial charge in [-0.25, -0.2) is 4.39 Å². The zero-order chi connectivity index (χ0) is 14.2. The molecule has 0 amide bonds. The van der Waals surface area contributed by atoms with Gasteiger partial charge in [-0.05, 0) is 49.3 Å². The predicted molar refractivity (Wildman–Crippen MR) is 77.4 cm³/mol. The summed E-state index contributed by atoms with van der Waals surface area (Å²) in [5.41, 5.74) is 0.247. The Morgan fingerprint density at radius 2 is 1.90 bits per heavy atom. The molecule has 1 aromatic carbocycles. The minimum atomic E-state index is -0.747. The lowest BCUT2D eigenvalue weighted by molar-refractivity contribution is -0.147. The molecule has 2 aliphatic rings. The Morgan fingerprint density at radius 1 is 1.20 bits per heavy atom. The standard InChI is InChI=1S/C16H19FO2S/c17-12-5-4-6-13(9-12)20-16(14(18)19)10-15(11-16)7-2-1-3-8-15/h4-6,9H,1-3,7-8,10-11H2,(H,18,19). The van der Waals surface area contributed by atoms with Crippen molar-refractivity contribution in [1.29, 1.82) is 0 Å². The van der Waals surface area contributed by atoms with E-state index in [4.69, 9.17) is 0 Å². The van der Waals surface area contributed by atoms with Crippen molar-refractivity contribution in [2.24, 2.45) is 5.41 Å². The molecule has 2 aliphatic carbocycles. The lowest BCUT2D eigenvalue weighted by Crippen LogP contribution is -2.55. The maximum atomic E-state index is 13.3. The molecule has 0 aromatic heterocycles. The van der Waals surface area contributed by atoms with Crippen LogP contribution in [0.2, 0.25) is 0 Å². The van der Waals surface area contributed by atoms with Gasteiger partial charge >= 0.3 is 5.97 Å². The topological polar surface area (TPSA) is 37.3 Å². The number of thioether (sulfide) groups is 1. The Morgan fingerprint density at radius 3 is 2.50 bits per heavy atom. The van der Waals surface area contributed by atoms with Gasteiger partial charge in [-0.2, -0.15) is 0 Å². The van der Waals surface area contributed by atoms with Crippen molar-refractivity contribution in [1.82, 2.24) is 0 Å². The smallest absolute Gasteiger partial charge is 0.320 e. The van der Waals surface area contributed by atoms with Gasteiger partial charge in [-0.1, -0.05) is 25.3 Å². The van der Waals surface area contributed by atoms with Crippen molar-refractivity contribution in [3.8, 4) is 0 Å². The van der Waals surface area contributed by atoms with Crippen LogP contribution >= 0.6 is 11.8 Å². The highest BCUT2D eigenvalue weighted by Crippen LogP contribution is 2.63. The number of halogens is 1. The molecule has 108 valence electrons. The van der Waals surface area contributed by atoms with E-state index in [-0.39, 0.29) is 11.2 Å². The molecule has 0 unspecified atom stereocenters. The van der Waals surface area contributed by atoms with E-state index in [1.165, 1.54) is 43.2 Å². The second-order valence-corrected chi connectivity index (χ2v) is 7.73. The highest BCUT2D eigenvalue weighted by Gasteiger charge is 2.59. The van der Waals surface area contributed by atoms with Crippen LogP contribution in [0.5, 0.6) is 0 Å². The normalized spacial score (nSPS) is 23.2. The zero-order valence-corrected chi connectivity index (χ0v) is 12.2. The van der Waals surface area contributed by atoms with Gasteiger partial charge in [0.2, 0.25) is 0 Å². The van der Waals surface area contributed by atoms with E-state index < -0.39 is 10.7 Å². The van der Waals surface area contributed by atoms with Gasteiger partial charge in [-0.3, -0.25) is 4.79 Å². The van der Waals surface area contributed by atoms with Crippen molar-refractivity contribution in [2.45, 2.75) is 54.6 Å². The summed E-state index contributed by atoms with van der Waals surface area (Å²) in [6.45, 7) is 0. The molecule has 2 fully saturated rings. The minimum absolute atomic E-state index is 0.247. The van der Waals surface area contributed by atoms with Crippen LogP contribution in [0.15, 0.2) is 29.2 Å². The Bertz CT molecular complexity index is 515. The van der Waals surface area contributed by atoms with Crippen LogP contribution in [0.25, 0.3) is 0 Å². The quantitative estimate of drug-likeness (QED) is 0.892. The monoisotopic (exact) mass is 294 g/mol. The van der Waals surface area contributed by atoms with Crippen LogP contribution in [0.1, 0.15) is 44.9 Å². The third-order valence-corrected chi connectivity index (χ3v) is 6.08. The first-order valence-corrected chi connectivity index (χ1v) is 8.03. The summed E-state index contributed by atoms with van der Waals surface area (Å²) in [6, 6.07) is 6.26. The Labute approximate surface area is 122 Å². The number of rotatable bonds is 3. The molecule has 0 heterocycles. The van der Waals surface area contributed by atoms with Crippen molar-refractivity contribution in [3.63, 3.8) is 0 Å². The maximum absolute atomic E-state index is 13.3. The number of hydrogen-bond acceptors (Lipinski definition) is 2. The predicted octanol–water partition coefficient (Wildman–Crippen LogP) is 4.49. The molecule has 0 saturated heterocycles. The number of benzene rings is 1. The van der Waals surface area contributed by atoms with E-state index in [1.807, 2.05) is 0 Å². The average molecular weight is 294 g/mol. The van der Waals surface area contributed by atoms with E-state index in [0.717, 1.165) is 30.6 Å². The highest BCUT2D eigenvalue weighted by atomic mass is 32.2. The molecule has 20 heavy (non-hydrogen) atoms. The summed E-state index contributed by atoms with van der Waals surface area (Å²) >= 11 is 1.33. The molecule has 4 heteroatoms. The summed E-state index contributed by atoms with van der Waals surface area (Å²) in [6.07, 6.45) is 7.50. The third kappa shape index (κ3) is 2.46. The summed E-state index contributed by atoms with van der Waals surface area (Å²) < 4.78 is 12.5. The average Bonchev–Trinajstić information content (AvgIpc) is 2.37. The highest BCUT2D eigenvalue weighted by molar-refractivity contribution is 8.01. The summed E-state index contributed by atoms with van der Waals surface area (Å²) in [5, 5.41) is 9.61. The third-order valence-electron chi connectivity index (χ3n) is 4.73. The molecule has 0 atom stereocenters. The van der Waals surface area contributed by atoms with Gasteiger partial charge in [0.25, 0.3) is 0 Å². The fraction of sp³-hybridized carbons (Fsp3) is 0.562. The van der Waals surface area contributed by atoms with E-state index in [9.17, 15) is 14.3 Å². The van der Waals surface area contributed by atoms with Crippen LogP contribution in [0.4, 0.5) is 4.39 Å². The Kier molecular flexibility index (Phi) is 3.53. The number of carbonyl (C=O) groups is 1. The first-order valence-electron chi connectivity index (χ1n) is 7.22. The summed E-state index contributed by atoms with van der Waals surface area (Å²) in [5.74, 6) is -1.05. The van der Waals surface area contributed by atoms with E-state index in [2.05, 4.69) is 0 Å². The molecular formula is C16H19FO2S. The lowest BCUT2D eigenvalue weighted by atomic mass is 9.55. The SMILES string of the molecule is O=C(O)C1(Sc2cccc(F)c2)CC2(CCCCC2)C1. The van der Waals surface area contributed by atoms with Crippen LogP contribution in [-0.4, -0.2) is 15.8 Å². The molecule has 1 aromatic rings. The van der Waals surface area contributed by atoms with E-state index in [1.54, 1.807) is 12.1 Å². The van der Waals surface area contributed by atoms with Crippen molar-refractivity contribution in [2.75, 3.05) is 0 Å². The Balaban J connectivity index is 1.76. The van der Waals surface area contributed by atoms with E-state index in [0.29, 0.717) is 0 Å². The van der Waals surface area contributed by atoms with Gasteiger partial charge < -0.3 is 5.11 Å². The minimum Gasteiger partial charge on any atom is -0.480 e. The summed E-state index contributed by atoms with van der Waals surface area (Å²) in [4.78, 5) is 12.4. The molecular weight excluding hydrogens is 275 g/mol. The van der Waals surface area contributed by atoms with Gasteiger partial charge in [-0.15, -0.1) is 11.8 Å². The number of aliphatic carboxylic acids is 1. The molecule has 1 N–H and O–H groups in total. The van der Waals surface area contributed by atoms with Crippen LogP contribution in [0, 0.1) is 11.2 Å². The molecule has 0 aliphatic heterocycles. The second kappa shape index (κ2) is 5.06. The Hall–Kier alpha value is -1.03. The van der Waals surface area contributed by atoms with Crippen molar-refractivity contribution in [3.05, 3.63) is 30.1 Å². The lowest BCUT2D eigenvalue weighted by Gasteiger charge is -2.55.